The van der Waals surface area contributed by atoms with Gasteiger partial charge >= 0.3 is 0 Å². The Morgan fingerprint density at radius 1 is 0.194 bits per heavy atom. The molecule has 1 aromatic carbocycles. The van der Waals surface area contributed by atoms with Crippen LogP contribution in [-0.4, -0.2) is 0 Å². The molecule has 0 amide bonds. The zero-order valence-electron chi connectivity index (χ0n) is 20.3. The molecule has 6 aliphatic carbocycles. The lowest BCUT2D eigenvalue weighted by Crippen LogP contribution is -2.20. The van der Waals surface area contributed by atoms with Crippen LogP contribution in [0.25, 0.3) is 0 Å². The van der Waals surface area contributed by atoms with Gasteiger partial charge in [0.1, 0.15) is 0 Å². The van der Waals surface area contributed by atoms with Crippen LogP contribution in [0.2, 0.25) is 0 Å². The molecule has 0 aromatic heterocycles. The van der Waals surface area contributed by atoms with E-state index in [1.165, 1.54) is 33.4 Å². The fourth-order valence-electron chi connectivity index (χ4n) is 6.77. The van der Waals surface area contributed by atoms with Gasteiger partial charge in [0, 0.05) is 35.5 Å². The second-order valence-corrected chi connectivity index (χ2v) is 10.3. The van der Waals surface area contributed by atoms with Crippen molar-refractivity contribution in [3.63, 3.8) is 0 Å². The van der Waals surface area contributed by atoms with Gasteiger partial charge in [0.25, 0.3) is 0 Å². The lowest BCUT2D eigenvalue weighted by atomic mass is 9.68. The largest absolute Gasteiger partial charge is 0.0732 e. The molecule has 6 aliphatic rings. The molecular weight excluding hydrogens is 432 g/mol. The second-order valence-electron chi connectivity index (χ2n) is 10.3. The first-order valence-corrected chi connectivity index (χ1v) is 13.2. The van der Waals surface area contributed by atoms with Crippen LogP contribution in [0.5, 0.6) is 0 Å². The molecule has 0 heteroatoms. The number of allylic oxidation sites excluding steroid dienone is 24. The number of hydrogen-bond donors (Lipinski definition) is 0. The van der Waals surface area contributed by atoms with Crippen molar-refractivity contribution in [3.05, 3.63) is 179 Å². The molecule has 174 valence electrons. The highest BCUT2D eigenvalue weighted by atomic mass is 14.4. The Kier molecular flexibility index (Phi) is 5.32. The summed E-state index contributed by atoms with van der Waals surface area (Å²) >= 11 is 0. The standard InChI is InChI=1S/C36H30/c1-2-14-25(13-1)31-32(26-15-3-4-16-26)34(28-19-7-8-20-28)36(30-23-11-12-24-30)35(29-21-9-10-22-29)33(31)27-17-5-6-18-27/h1-30H. The van der Waals surface area contributed by atoms with Crippen LogP contribution >= 0.6 is 0 Å². The van der Waals surface area contributed by atoms with Crippen LogP contribution in [0, 0.1) is 0 Å². The van der Waals surface area contributed by atoms with Gasteiger partial charge in [-0.05, 0) is 33.4 Å². The summed E-state index contributed by atoms with van der Waals surface area (Å²) < 4.78 is 0. The van der Waals surface area contributed by atoms with Gasteiger partial charge in [-0.1, -0.05) is 146 Å². The zero-order valence-corrected chi connectivity index (χ0v) is 20.3. The lowest BCUT2D eigenvalue weighted by Gasteiger charge is -2.35. The Morgan fingerprint density at radius 2 is 0.306 bits per heavy atom. The van der Waals surface area contributed by atoms with Crippen molar-refractivity contribution in [1.29, 1.82) is 0 Å². The third kappa shape index (κ3) is 3.44. The molecule has 0 fully saturated rings. The zero-order chi connectivity index (χ0) is 23.9. The molecule has 0 spiro atoms. The highest BCUT2D eigenvalue weighted by molar-refractivity contribution is 5.69. The van der Waals surface area contributed by atoms with Crippen molar-refractivity contribution < 1.29 is 0 Å². The summed E-state index contributed by atoms with van der Waals surface area (Å²) in [4.78, 5) is 0. The summed E-state index contributed by atoms with van der Waals surface area (Å²) in [6.07, 6.45) is 55.3. The average Bonchev–Trinajstić information content (AvgIpc) is 3.78. The van der Waals surface area contributed by atoms with Gasteiger partial charge in [0.2, 0.25) is 0 Å². The quantitative estimate of drug-likeness (QED) is 0.396. The van der Waals surface area contributed by atoms with Crippen LogP contribution in [0.4, 0.5) is 0 Å². The maximum atomic E-state index is 2.39. The van der Waals surface area contributed by atoms with Gasteiger partial charge in [-0.3, -0.25) is 0 Å². The third-order valence-corrected chi connectivity index (χ3v) is 8.23. The fraction of sp³-hybridized carbons (Fsp3) is 0.167. The van der Waals surface area contributed by atoms with Crippen molar-refractivity contribution in [2.24, 2.45) is 0 Å². The van der Waals surface area contributed by atoms with Crippen molar-refractivity contribution in [2.45, 2.75) is 35.5 Å². The van der Waals surface area contributed by atoms with Gasteiger partial charge in [-0.2, -0.15) is 0 Å². The first kappa shape index (κ1) is 21.4. The molecule has 36 heavy (non-hydrogen) atoms. The molecule has 0 N–H and O–H groups in total. The molecule has 7 rings (SSSR count). The highest BCUT2D eigenvalue weighted by Gasteiger charge is 2.37. The van der Waals surface area contributed by atoms with Crippen molar-refractivity contribution in [3.8, 4) is 0 Å². The highest BCUT2D eigenvalue weighted by Crippen LogP contribution is 2.52. The Hall–Kier alpha value is -3.90. The van der Waals surface area contributed by atoms with Crippen LogP contribution in [-0.2, 0) is 0 Å². The van der Waals surface area contributed by atoms with E-state index in [-0.39, 0.29) is 35.5 Å². The van der Waals surface area contributed by atoms with Crippen LogP contribution in [0.3, 0.4) is 0 Å². The van der Waals surface area contributed by atoms with Gasteiger partial charge in [-0.25, -0.2) is 0 Å². The Morgan fingerprint density at radius 3 is 0.417 bits per heavy atom. The van der Waals surface area contributed by atoms with Crippen molar-refractivity contribution in [1.82, 2.24) is 0 Å². The molecular formula is C36H30. The van der Waals surface area contributed by atoms with Crippen molar-refractivity contribution >= 4 is 0 Å². The minimum absolute atomic E-state index is 0.282. The first-order valence-electron chi connectivity index (χ1n) is 13.2. The van der Waals surface area contributed by atoms with E-state index in [1.807, 2.05) is 0 Å². The number of hydrogen-bond acceptors (Lipinski definition) is 0. The topological polar surface area (TPSA) is 0 Å². The van der Waals surface area contributed by atoms with E-state index in [4.69, 9.17) is 0 Å². The molecule has 0 nitrogen and oxygen atoms in total. The van der Waals surface area contributed by atoms with Crippen molar-refractivity contribution in [2.75, 3.05) is 0 Å². The SMILES string of the molecule is C1=CC(c2c(C3C=CC=C3)c(C3C=CC=C3)c(C3C=CC=C3)c(C3C=CC=C3)c2C2C=CC=C2)C=C1. The van der Waals surface area contributed by atoms with E-state index in [2.05, 4.69) is 146 Å². The molecule has 0 unspecified atom stereocenters. The predicted molar refractivity (Wildman–Crippen MR) is 153 cm³/mol. The Labute approximate surface area is 214 Å². The summed E-state index contributed by atoms with van der Waals surface area (Å²) in [5.41, 5.74) is 9.03. The average molecular weight is 463 g/mol. The molecule has 0 aliphatic heterocycles. The van der Waals surface area contributed by atoms with E-state index in [0.717, 1.165) is 0 Å². The maximum absolute atomic E-state index is 2.39. The van der Waals surface area contributed by atoms with Crippen LogP contribution in [0.1, 0.15) is 68.9 Å². The molecule has 0 atom stereocenters. The monoisotopic (exact) mass is 462 g/mol. The summed E-state index contributed by atoms with van der Waals surface area (Å²) in [7, 11) is 0. The first-order chi connectivity index (χ1) is 17.9. The number of benzene rings is 1. The lowest BCUT2D eigenvalue weighted by molar-refractivity contribution is 0.836. The van der Waals surface area contributed by atoms with Gasteiger partial charge in [-0.15, -0.1) is 0 Å². The van der Waals surface area contributed by atoms with E-state index in [1.54, 1.807) is 0 Å². The van der Waals surface area contributed by atoms with Gasteiger partial charge in [0.05, 0.1) is 0 Å². The third-order valence-electron chi connectivity index (χ3n) is 8.23. The molecule has 1 aromatic rings. The molecule has 0 radical (unpaired) electrons. The Bertz CT molecular complexity index is 1070. The van der Waals surface area contributed by atoms with E-state index >= 15 is 0 Å². The van der Waals surface area contributed by atoms with Crippen LogP contribution in [0.15, 0.2) is 146 Å². The minimum Gasteiger partial charge on any atom is -0.0732 e. The fourth-order valence-corrected chi connectivity index (χ4v) is 6.77. The smallest absolute Gasteiger partial charge is 0.0211 e. The molecule has 0 bridgehead atoms. The van der Waals surface area contributed by atoms with Crippen LogP contribution < -0.4 is 0 Å². The van der Waals surface area contributed by atoms with E-state index < -0.39 is 0 Å². The second kappa shape index (κ2) is 8.95. The normalized spacial score (nSPS) is 22.7. The minimum atomic E-state index is 0.282. The maximum Gasteiger partial charge on any atom is 0.0211 e. The van der Waals surface area contributed by atoms with Gasteiger partial charge in [0.15, 0.2) is 0 Å². The van der Waals surface area contributed by atoms with E-state index in [0.29, 0.717) is 0 Å². The van der Waals surface area contributed by atoms with E-state index in [9.17, 15) is 0 Å². The summed E-state index contributed by atoms with van der Waals surface area (Å²) in [6, 6.07) is 0. The van der Waals surface area contributed by atoms with Gasteiger partial charge < -0.3 is 0 Å². The molecule has 0 saturated heterocycles. The Balaban J connectivity index is 1.66. The number of rotatable bonds is 6. The summed E-state index contributed by atoms with van der Waals surface area (Å²) in [5.74, 6) is 1.69. The summed E-state index contributed by atoms with van der Waals surface area (Å²) in [5, 5.41) is 0. The molecule has 0 saturated carbocycles. The predicted octanol–water partition coefficient (Wildman–Crippen LogP) is 8.94. The molecule has 0 heterocycles. The summed E-state index contributed by atoms with van der Waals surface area (Å²) in [6.45, 7) is 0.